The summed E-state index contributed by atoms with van der Waals surface area (Å²) >= 11 is 0. The molecule has 0 saturated carbocycles. The molecular formula is C25H34N4O2. The standard InChI is InChI=1S/C25H34N4O2/c1-21(25(22-8-4-2-5-9-22)29-16-18-31-19-17-29)26-24(30)20-27-12-14-28(15-13-27)23-10-6-3-7-11-23/h2-11,21,25H,12-20H2,1H3,(H,26,30)/t21-,25+/m1/s1. The van der Waals surface area contributed by atoms with Gasteiger partial charge in [-0.1, -0.05) is 48.5 Å². The van der Waals surface area contributed by atoms with Crippen LogP contribution in [0.2, 0.25) is 0 Å². The van der Waals surface area contributed by atoms with Crippen LogP contribution in [-0.2, 0) is 9.53 Å². The largest absolute Gasteiger partial charge is 0.379 e. The summed E-state index contributed by atoms with van der Waals surface area (Å²) in [6, 6.07) is 21.2. The van der Waals surface area contributed by atoms with E-state index in [1.165, 1.54) is 11.3 Å². The maximum atomic E-state index is 12.9. The number of carbonyl (C=O) groups is 1. The summed E-state index contributed by atoms with van der Waals surface area (Å²) in [7, 11) is 0. The number of morpholine rings is 1. The molecule has 1 amide bonds. The predicted octanol–water partition coefficient (Wildman–Crippen LogP) is 2.39. The summed E-state index contributed by atoms with van der Waals surface area (Å²) in [5.74, 6) is 0.106. The molecule has 0 spiro atoms. The van der Waals surface area contributed by atoms with Crippen LogP contribution in [0.15, 0.2) is 60.7 Å². The number of hydrogen-bond donors (Lipinski definition) is 1. The molecule has 2 aliphatic heterocycles. The molecule has 0 aliphatic carbocycles. The molecule has 2 fully saturated rings. The molecule has 31 heavy (non-hydrogen) atoms. The Balaban J connectivity index is 1.31. The van der Waals surface area contributed by atoms with Gasteiger partial charge in [-0.05, 0) is 24.6 Å². The molecule has 2 aromatic rings. The Hall–Kier alpha value is -2.41. The number of nitrogens with one attached hydrogen (secondary N) is 1. The zero-order valence-electron chi connectivity index (χ0n) is 18.5. The van der Waals surface area contributed by atoms with Crippen molar-refractivity contribution in [2.45, 2.75) is 19.0 Å². The minimum Gasteiger partial charge on any atom is -0.379 e. The lowest BCUT2D eigenvalue weighted by Crippen LogP contribution is -2.52. The highest BCUT2D eigenvalue weighted by Crippen LogP contribution is 2.25. The number of benzene rings is 2. The average molecular weight is 423 g/mol. The fourth-order valence-electron chi connectivity index (χ4n) is 4.71. The number of carbonyl (C=O) groups excluding carboxylic acids is 1. The zero-order chi connectivity index (χ0) is 21.5. The van der Waals surface area contributed by atoms with Gasteiger partial charge in [0.25, 0.3) is 0 Å². The Bertz CT molecular complexity index is 803. The molecule has 0 aromatic heterocycles. The number of amides is 1. The van der Waals surface area contributed by atoms with Crippen molar-refractivity contribution in [3.8, 4) is 0 Å². The van der Waals surface area contributed by atoms with Gasteiger partial charge < -0.3 is 15.0 Å². The van der Waals surface area contributed by atoms with Crippen molar-refractivity contribution in [1.82, 2.24) is 15.1 Å². The summed E-state index contributed by atoms with van der Waals surface area (Å²) < 4.78 is 5.55. The first kappa shape index (κ1) is 21.8. The van der Waals surface area contributed by atoms with Crippen LogP contribution < -0.4 is 10.2 Å². The van der Waals surface area contributed by atoms with E-state index in [0.29, 0.717) is 6.54 Å². The molecule has 6 nitrogen and oxygen atoms in total. The number of anilines is 1. The third-order valence-corrected chi connectivity index (χ3v) is 6.30. The molecule has 2 heterocycles. The SMILES string of the molecule is C[C@@H](NC(=O)CN1CCN(c2ccccc2)CC1)[C@@H](c1ccccc1)N1CCOCC1. The fourth-order valence-corrected chi connectivity index (χ4v) is 4.71. The van der Waals surface area contributed by atoms with Crippen molar-refractivity contribution in [2.75, 3.05) is 63.9 Å². The molecule has 2 aliphatic rings. The number of ether oxygens (including phenoxy) is 1. The molecule has 4 rings (SSSR count). The van der Waals surface area contributed by atoms with Crippen LogP contribution in [0, 0.1) is 0 Å². The van der Waals surface area contributed by atoms with Gasteiger partial charge in [-0.25, -0.2) is 0 Å². The number of hydrogen-bond acceptors (Lipinski definition) is 5. The van der Waals surface area contributed by atoms with Crippen molar-refractivity contribution in [3.05, 3.63) is 66.2 Å². The Morgan fingerprint density at radius 2 is 1.52 bits per heavy atom. The highest BCUT2D eigenvalue weighted by molar-refractivity contribution is 5.78. The highest BCUT2D eigenvalue weighted by atomic mass is 16.5. The van der Waals surface area contributed by atoms with E-state index in [2.05, 4.69) is 75.5 Å². The first-order valence-corrected chi connectivity index (χ1v) is 11.4. The van der Waals surface area contributed by atoms with Gasteiger partial charge in [0, 0.05) is 51.0 Å². The summed E-state index contributed by atoms with van der Waals surface area (Å²) in [5.41, 5.74) is 2.50. The molecule has 166 valence electrons. The summed E-state index contributed by atoms with van der Waals surface area (Å²) in [5, 5.41) is 3.29. The third-order valence-electron chi connectivity index (χ3n) is 6.30. The second-order valence-corrected chi connectivity index (χ2v) is 8.46. The maximum absolute atomic E-state index is 12.9. The number of piperazine rings is 1. The second-order valence-electron chi connectivity index (χ2n) is 8.46. The smallest absolute Gasteiger partial charge is 0.234 e. The molecular weight excluding hydrogens is 388 g/mol. The summed E-state index contributed by atoms with van der Waals surface area (Å²) in [6.45, 7) is 9.56. The van der Waals surface area contributed by atoms with Gasteiger partial charge >= 0.3 is 0 Å². The molecule has 2 aromatic carbocycles. The molecule has 0 unspecified atom stereocenters. The minimum atomic E-state index is 0.0265. The monoisotopic (exact) mass is 422 g/mol. The van der Waals surface area contributed by atoms with Crippen LogP contribution in [0.3, 0.4) is 0 Å². The maximum Gasteiger partial charge on any atom is 0.234 e. The van der Waals surface area contributed by atoms with E-state index in [9.17, 15) is 4.79 Å². The van der Waals surface area contributed by atoms with Gasteiger partial charge in [0.05, 0.1) is 25.8 Å². The normalized spacial score (nSPS) is 20.2. The van der Waals surface area contributed by atoms with E-state index in [1.54, 1.807) is 0 Å². The topological polar surface area (TPSA) is 48.1 Å². The van der Waals surface area contributed by atoms with Crippen LogP contribution in [0.5, 0.6) is 0 Å². The van der Waals surface area contributed by atoms with Crippen molar-refractivity contribution in [1.29, 1.82) is 0 Å². The Kier molecular flexibility index (Phi) is 7.57. The van der Waals surface area contributed by atoms with Crippen molar-refractivity contribution < 1.29 is 9.53 Å². The summed E-state index contributed by atoms with van der Waals surface area (Å²) in [6.07, 6.45) is 0. The van der Waals surface area contributed by atoms with Gasteiger partial charge in [0.15, 0.2) is 0 Å². The van der Waals surface area contributed by atoms with E-state index in [4.69, 9.17) is 4.74 Å². The number of rotatable bonds is 7. The zero-order valence-corrected chi connectivity index (χ0v) is 18.5. The summed E-state index contributed by atoms with van der Waals surface area (Å²) in [4.78, 5) is 20.0. The van der Waals surface area contributed by atoms with E-state index >= 15 is 0 Å². The van der Waals surface area contributed by atoms with Crippen molar-refractivity contribution in [2.24, 2.45) is 0 Å². The second kappa shape index (κ2) is 10.8. The van der Waals surface area contributed by atoms with Crippen LogP contribution in [0.1, 0.15) is 18.5 Å². The average Bonchev–Trinajstić information content (AvgIpc) is 2.82. The van der Waals surface area contributed by atoms with E-state index in [-0.39, 0.29) is 18.0 Å². The molecule has 0 radical (unpaired) electrons. The highest BCUT2D eigenvalue weighted by Gasteiger charge is 2.29. The lowest BCUT2D eigenvalue weighted by molar-refractivity contribution is -0.123. The minimum absolute atomic E-state index is 0.0265. The third kappa shape index (κ3) is 5.85. The number of para-hydroxylation sites is 1. The first-order valence-electron chi connectivity index (χ1n) is 11.4. The molecule has 2 saturated heterocycles. The van der Waals surface area contributed by atoms with Gasteiger partial charge in [0.2, 0.25) is 5.91 Å². The van der Waals surface area contributed by atoms with E-state index < -0.39 is 0 Å². The van der Waals surface area contributed by atoms with Gasteiger partial charge in [-0.2, -0.15) is 0 Å². The lowest BCUT2D eigenvalue weighted by atomic mass is 9.98. The van der Waals surface area contributed by atoms with Crippen LogP contribution in [0.4, 0.5) is 5.69 Å². The molecule has 2 atom stereocenters. The van der Waals surface area contributed by atoms with Crippen LogP contribution >= 0.6 is 0 Å². The van der Waals surface area contributed by atoms with E-state index in [0.717, 1.165) is 52.5 Å². The predicted molar refractivity (Wildman–Crippen MR) is 124 cm³/mol. The molecule has 0 bridgehead atoms. The van der Waals surface area contributed by atoms with Crippen LogP contribution in [-0.4, -0.2) is 80.8 Å². The van der Waals surface area contributed by atoms with E-state index in [1.807, 2.05) is 12.1 Å². The van der Waals surface area contributed by atoms with Crippen molar-refractivity contribution in [3.63, 3.8) is 0 Å². The Morgan fingerprint density at radius 3 is 2.16 bits per heavy atom. The Labute approximate surface area is 185 Å². The van der Waals surface area contributed by atoms with Crippen molar-refractivity contribution >= 4 is 11.6 Å². The van der Waals surface area contributed by atoms with Gasteiger partial charge in [-0.3, -0.25) is 14.6 Å². The van der Waals surface area contributed by atoms with Gasteiger partial charge in [-0.15, -0.1) is 0 Å². The lowest BCUT2D eigenvalue weighted by Gasteiger charge is -2.39. The van der Waals surface area contributed by atoms with Gasteiger partial charge in [0.1, 0.15) is 0 Å². The number of nitrogens with zero attached hydrogens (tertiary/aromatic N) is 3. The van der Waals surface area contributed by atoms with Crippen LogP contribution in [0.25, 0.3) is 0 Å². The molecule has 1 N–H and O–H groups in total. The molecule has 6 heteroatoms. The quantitative estimate of drug-likeness (QED) is 0.743. The Morgan fingerprint density at radius 1 is 0.903 bits per heavy atom. The fraction of sp³-hybridized carbons (Fsp3) is 0.480. The first-order chi connectivity index (χ1) is 15.2.